The highest BCUT2D eigenvalue weighted by atomic mass is 16.5. The Morgan fingerprint density at radius 2 is 2.10 bits per heavy atom. The quantitative estimate of drug-likeness (QED) is 0.906. The molecule has 1 aromatic carbocycles. The summed E-state index contributed by atoms with van der Waals surface area (Å²) in [6, 6.07) is 8.37. The number of hydrogen-bond donors (Lipinski definition) is 1. The second-order valence-corrected chi connectivity index (χ2v) is 5.07. The highest BCUT2D eigenvalue weighted by molar-refractivity contribution is 5.38. The first-order chi connectivity index (χ1) is 9.88. The summed E-state index contributed by atoms with van der Waals surface area (Å²) in [5, 5.41) is 3.56. The number of rotatable bonds is 5. The molecule has 0 saturated heterocycles. The zero-order valence-corrected chi connectivity index (χ0v) is 11.6. The van der Waals surface area contributed by atoms with E-state index in [0.717, 1.165) is 30.7 Å². The summed E-state index contributed by atoms with van der Waals surface area (Å²) < 4.78 is 6.10. The van der Waals surface area contributed by atoms with Crippen molar-refractivity contribution in [1.82, 2.24) is 15.3 Å². The first-order valence-corrected chi connectivity index (χ1v) is 7.11. The van der Waals surface area contributed by atoms with Crippen LogP contribution in [0, 0.1) is 0 Å². The fourth-order valence-corrected chi connectivity index (χ4v) is 2.63. The van der Waals surface area contributed by atoms with Crippen LogP contribution in [-0.4, -0.2) is 22.6 Å². The molecular weight excluding hydrogens is 250 g/mol. The average Bonchev–Trinajstić information content (AvgIpc) is 2.92. The molecule has 2 atom stereocenters. The molecule has 0 fully saturated rings. The molecule has 4 heteroatoms. The van der Waals surface area contributed by atoms with E-state index in [2.05, 4.69) is 34.3 Å². The fourth-order valence-electron chi connectivity index (χ4n) is 2.63. The van der Waals surface area contributed by atoms with Gasteiger partial charge in [0.15, 0.2) is 0 Å². The zero-order chi connectivity index (χ0) is 13.8. The molecule has 0 saturated carbocycles. The molecule has 2 aromatic rings. The Labute approximate surface area is 119 Å². The van der Waals surface area contributed by atoms with Crippen LogP contribution in [-0.2, 0) is 6.42 Å². The lowest BCUT2D eigenvalue weighted by molar-refractivity contribution is 0.178. The van der Waals surface area contributed by atoms with Crippen molar-refractivity contribution in [2.45, 2.75) is 31.9 Å². The predicted molar refractivity (Wildman–Crippen MR) is 77.6 cm³/mol. The van der Waals surface area contributed by atoms with E-state index in [4.69, 9.17) is 4.74 Å². The minimum absolute atomic E-state index is 0.102. The highest BCUT2D eigenvalue weighted by Crippen LogP contribution is 2.33. The van der Waals surface area contributed by atoms with Crippen molar-refractivity contribution < 1.29 is 4.74 Å². The molecule has 2 heterocycles. The second-order valence-electron chi connectivity index (χ2n) is 5.07. The Hall–Kier alpha value is -1.94. The van der Waals surface area contributed by atoms with Crippen molar-refractivity contribution in [2.24, 2.45) is 0 Å². The van der Waals surface area contributed by atoms with Crippen LogP contribution in [0.5, 0.6) is 5.75 Å². The Morgan fingerprint density at radius 1 is 1.30 bits per heavy atom. The first-order valence-electron chi connectivity index (χ1n) is 7.11. The van der Waals surface area contributed by atoms with Gasteiger partial charge in [0.05, 0.1) is 6.04 Å². The van der Waals surface area contributed by atoms with Crippen molar-refractivity contribution in [2.75, 3.05) is 6.54 Å². The van der Waals surface area contributed by atoms with Gasteiger partial charge < -0.3 is 10.1 Å². The van der Waals surface area contributed by atoms with Crippen LogP contribution in [0.2, 0.25) is 0 Å². The van der Waals surface area contributed by atoms with Gasteiger partial charge in [-0.15, -0.1) is 0 Å². The summed E-state index contributed by atoms with van der Waals surface area (Å²) in [6.07, 6.45) is 7.41. The molecule has 0 aliphatic carbocycles. The van der Waals surface area contributed by atoms with E-state index in [-0.39, 0.29) is 12.1 Å². The number of benzene rings is 1. The third kappa shape index (κ3) is 2.65. The SMILES string of the molecule is CCCNC(c1cncnc1)C1Cc2ccccc2O1. The van der Waals surface area contributed by atoms with Crippen LogP contribution in [0.4, 0.5) is 0 Å². The molecule has 2 unspecified atom stereocenters. The number of para-hydroxylation sites is 1. The molecule has 4 nitrogen and oxygen atoms in total. The molecule has 0 bridgehead atoms. The number of ether oxygens (including phenoxy) is 1. The maximum Gasteiger partial charge on any atom is 0.123 e. The monoisotopic (exact) mass is 269 g/mol. The Balaban J connectivity index is 1.81. The van der Waals surface area contributed by atoms with Crippen LogP contribution >= 0.6 is 0 Å². The van der Waals surface area contributed by atoms with Crippen LogP contribution < -0.4 is 10.1 Å². The maximum absolute atomic E-state index is 6.10. The van der Waals surface area contributed by atoms with Gasteiger partial charge in [-0.2, -0.15) is 0 Å². The van der Waals surface area contributed by atoms with E-state index >= 15 is 0 Å². The molecule has 104 valence electrons. The summed E-state index contributed by atoms with van der Waals surface area (Å²) in [7, 11) is 0. The highest BCUT2D eigenvalue weighted by Gasteiger charge is 2.31. The van der Waals surface area contributed by atoms with Crippen LogP contribution in [0.25, 0.3) is 0 Å². The van der Waals surface area contributed by atoms with Crippen LogP contribution in [0.1, 0.15) is 30.5 Å². The normalized spacial score (nSPS) is 18.4. The maximum atomic E-state index is 6.10. The third-order valence-corrected chi connectivity index (χ3v) is 3.60. The number of aromatic nitrogens is 2. The molecule has 0 amide bonds. The Bertz CT molecular complexity index is 534. The summed E-state index contributed by atoms with van der Waals surface area (Å²) >= 11 is 0. The molecular formula is C16H19N3O. The summed E-state index contributed by atoms with van der Waals surface area (Å²) in [6.45, 7) is 3.12. The topological polar surface area (TPSA) is 47.0 Å². The van der Waals surface area contributed by atoms with E-state index in [1.54, 1.807) is 6.33 Å². The zero-order valence-electron chi connectivity index (χ0n) is 11.6. The van der Waals surface area contributed by atoms with E-state index < -0.39 is 0 Å². The minimum atomic E-state index is 0.102. The number of nitrogens with one attached hydrogen (secondary N) is 1. The largest absolute Gasteiger partial charge is 0.488 e. The van der Waals surface area contributed by atoms with Gasteiger partial charge in [-0.05, 0) is 24.6 Å². The molecule has 20 heavy (non-hydrogen) atoms. The van der Waals surface area contributed by atoms with Crippen molar-refractivity contribution in [3.8, 4) is 5.75 Å². The predicted octanol–water partition coefficient (Wildman–Crippen LogP) is 2.52. The van der Waals surface area contributed by atoms with E-state index in [0.29, 0.717) is 0 Å². The minimum Gasteiger partial charge on any atom is -0.488 e. The average molecular weight is 269 g/mol. The molecule has 1 aliphatic heterocycles. The van der Waals surface area contributed by atoms with Gasteiger partial charge in [0.2, 0.25) is 0 Å². The van der Waals surface area contributed by atoms with Gasteiger partial charge in [-0.1, -0.05) is 25.1 Å². The van der Waals surface area contributed by atoms with Gasteiger partial charge in [0.1, 0.15) is 18.2 Å². The first kappa shape index (κ1) is 13.1. The van der Waals surface area contributed by atoms with Gasteiger partial charge >= 0.3 is 0 Å². The standard InChI is InChI=1S/C16H19N3O/c1-2-7-19-16(13-9-17-11-18-10-13)15-8-12-5-3-4-6-14(12)20-15/h3-6,9-11,15-16,19H,2,7-8H2,1H3. The lowest BCUT2D eigenvalue weighted by Crippen LogP contribution is -2.35. The van der Waals surface area contributed by atoms with E-state index in [1.807, 2.05) is 24.5 Å². The molecule has 1 aromatic heterocycles. The van der Waals surface area contributed by atoms with Gasteiger partial charge in [-0.3, -0.25) is 0 Å². The lowest BCUT2D eigenvalue weighted by atomic mass is 9.99. The van der Waals surface area contributed by atoms with Gasteiger partial charge in [0.25, 0.3) is 0 Å². The summed E-state index contributed by atoms with van der Waals surface area (Å²) in [4.78, 5) is 8.26. The lowest BCUT2D eigenvalue weighted by Gasteiger charge is -2.24. The molecule has 1 N–H and O–H groups in total. The second kappa shape index (κ2) is 6.01. The van der Waals surface area contributed by atoms with Crippen molar-refractivity contribution in [1.29, 1.82) is 0 Å². The molecule has 0 spiro atoms. The third-order valence-electron chi connectivity index (χ3n) is 3.60. The molecule has 3 rings (SSSR count). The molecule has 0 radical (unpaired) electrons. The Kier molecular flexibility index (Phi) is 3.92. The summed E-state index contributed by atoms with van der Waals surface area (Å²) in [5.74, 6) is 0.998. The van der Waals surface area contributed by atoms with Gasteiger partial charge in [0, 0.05) is 24.4 Å². The number of fused-ring (bicyclic) bond motifs is 1. The van der Waals surface area contributed by atoms with Crippen LogP contribution in [0.3, 0.4) is 0 Å². The van der Waals surface area contributed by atoms with Crippen molar-refractivity contribution >= 4 is 0 Å². The van der Waals surface area contributed by atoms with Gasteiger partial charge in [-0.25, -0.2) is 9.97 Å². The van der Waals surface area contributed by atoms with E-state index in [9.17, 15) is 0 Å². The Morgan fingerprint density at radius 3 is 2.85 bits per heavy atom. The van der Waals surface area contributed by atoms with Crippen LogP contribution in [0.15, 0.2) is 43.0 Å². The van der Waals surface area contributed by atoms with Crippen molar-refractivity contribution in [3.05, 3.63) is 54.1 Å². The summed E-state index contributed by atoms with van der Waals surface area (Å²) in [5.41, 5.74) is 2.36. The van der Waals surface area contributed by atoms with Crippen molar-refractivity contribution in [3.63, 3.8) is 0 Å². The smallest absolute Gasteiger partial charge is 0.123 e. The fraction of sp³-hybridized carbons (Fsp3) is 0.375. The van der Waals surface area contributed by atoms with E-state index in [1.165, 1.54) is 5.56 Å². The number of nitrogens with zero attached hydrogens (tertiary/aromatic N) is 2. The number of hydrogen-bond acceptors (Lipinski definition) is 4. The molecule has 1 aliphatic rings.